The third-order valence-electron chi connectivity index (χ3n) is 2.26. The van der Waals surface area contributed by atoms with E-state index < -0.39 is 0 Å². The molecule has 16 heavy (non-hydrogen) atoms. The Kier molecular flexibility index (Phi) is 5.99. The summed E-state index contributed by atoms with van der Waals surface area (Å²) >= 11 is 3.26. The Bertz CT molecular complexity index is 305. The highest BCUT2D eigenvalue weighted by molar-refractivity contribution is 9.10. The molecular weight excluding hydrogens is 271 g/mol. The normalized spacial score (nSPS) is 11.1. The largest absolute Gasteiger partial charge is 0.377 e. The van der Waals surface area contributed by atoms with E-state index in [4.69, 9.17) is 4.74 Å². The van der Waals surface area contributed by atoms with Gasteiger partial charge in [0, 0.05) is 11.1 Å². The maximum absolute atomic E-state index is 13.0. The lowest BCUT2D eigenvalue weighted by Gasteiger charge is -2.06. The first kappa shape index (κ1) is 13.7. The Balaban J connectivity index is 2.26. The predicted molar refractivity (Wildman–Crippen MR) is 67.8 cm³/mol. The van der Waals surface area contributed by atoms with Crippen LogP contribution in [0.2, 0.25) is 0 Å². The standard InChI is InChI=1S/C13H18BrFO/c1-10(2)4-3-5-16-9-11-6-12(14)8-13(15)7-11/h6-8,10H,3-5,9H2,1-2H3. The highest BCUT2D eigenvalue weighted by atomic mass is 79.9. The minimum atomic E-state index is -0.227. The van der Waals surface area contributed by atoms with E-state index in [0.717, 1.165) is 23.1 Å². The van der Waals surface area contributed by atoms with E-state index in [0.29, 0.717) is 12.5 Å². The van der Waals surface area contributed by atoms with Gasteiger partial charge in [0.05, 0.1) is 6.61 Å². The molecule has 90 valence electrons. The fraction of sp³-hybridized carbons (Fsp3) is 0.538. The number of rotatable bonds is 6. The molecule has 0 radical (unpaired) electrons. The van der Waals surface area contributed by atoms with Crippen molar-refractivity contribution >= 4 is 15.9 Å². The molecule has 1 aromatic carbocycles. The summed E-state index contributed by atoms with van der Waals surface area (Å²) < 4.78 is 19.3. The number of benzene rings is 1. The van der Waals surface area contributed by atoms with E-state index in [-0.39, 0.29) is 5.82 Å². The molecule has 3 heteroatoms. The minimum Gasteiger partial charge on any atom is -0.377 e. The van der Waals surface area contributed by atoms with Crippen molar-refractivity contribution in [1.29, 1.82) is 0 Å². The van der Waals surface area contributed by atoms with Crippen molar-refractivity contribution in [3.8, 4) is 0 Å². The van der Waals surface area contributed by atoms with Gasteiger partial charge < -0.3 is 4.74 Å². The number of ether oxygens (including phenoxy) is 1. The van der Waals surface area contributed by atoms with Gasteiger partial charge in [-0.05, 0) is 42.5 Å². The molecule has 0 aliphatic rings. The zero-order chi connectivity index (χ0) is 12.0. The van der Waals surface area contributed by atoms with E-state index in [1.54, 1.807) is 0 Å². The van der Waals surface area contributed by atoms with Crippen LogP contribution >= 0.6 is 15.9 Å². The van der Waals surface area contributed by atoms with Crippen molar-refractivity contribution in [1.82, 2.24) is 0 Å². The van der Waals surface area contributed by atoms with Crippen molar-refractivity contribution in [2.24, 2.45) is 5.92 Å². The van der Waals surface area contributed by atoms with Crippen LogP contribution in [0.4, 0.5) is 4.39 Å². The molecule has 0 bridgehead atoms. The first-order valence-corrected chi connectivity index (χ1v) is 6.40. The van der Waals surface area contributed by atoms with Crippen LogP contribution in [0.3, 0.4) is 0 Å². The Morgan fingerprint density at radius 3 is 2.69 bits per heavy atom. The summed E-state index contributed by atoms with van der Waals surface area (Å²) in [5.41, 5.74) is 0.872. The molecule has 0 fully saturated rings. The maximum atomic E-state index is 13.0. The summed E-state index contributed by atoms with van der Waals surface area (Å²) in [7, 11) is 0. The molecule has 0 aromatic heterocycles. The molecule has 0 aliphatic heterocycles. The smallest absolute Gasteiger partial charge is 0.124 e. The van der Waals surface area contributed by atoms with Gasteiger partial charge in [0.1, 0.15) is 5.82 Å². The van der Waals surface area contributed by atoms with Crippen LogP contribution in [0, 0.1) is 11.7 Å². The van der Waals surface area contributed by atoms with Crippen molar-refractivity contribution < 1.29 is 9.13 Å². The zero-order valence-electron chi connectivity index (χ0n) is 9.80. The van der Waals surface area contributed by atoms with Crippen LogP contribution < -0.4 is 0 Å². The van der Waals surface area contributed by atoms with Gasteiger partial charge in [-0.2, -0.15) is 0 Å². The Morgan fingerprint density at radius 1 is 1.31 bits per heavy atom. The van der Waals surface area contributed by atoms with Gasteiger partial charge in [-0.1, -0.05) is 29.8 Å². The lowest BCUT2D eigenvalue weighted by atomic mass is 10.1. The monoisotopic (exact) mass is 288 g/mol. The highest BCUT2D eigenvalue weighted by Gasteiger charge is 2.00. The molecule has 1 nitrogen and oxygen atoms in total. The summed E-state index contributed by atoms with van der Waals surface area (Å²) in [4.78, 5) is 0. The average Bonchev–Trinajstić information content (AvgIpc) is 2.15. The van der Waals surface area contributed by atoms with E-state index in [9.17, 15) is 4.39 Å². The summed E-state index contributed by atoms with van der Waals surface area (Å²) in [6, 6.07) is 4.83. The Morgan fingerprint density at radius 2 is 2.06 bits per heavy atom. The van der Waals surface area contributed by atoms with E-state index >= 15 is 0 Å². The van der Waals surface area contributed by atoms with Crippen LogP contribution in [0.1, 0.15) is 32.3 Å². The number of hydrogen-bond acceptors (Lipinski definition) is 1. The van der Waals surface area contributed by atoms with Crippen LogP contribution in [-0.2, 0) is 11.3 Å². The van der Waals surface area contributed by atoms with Gasteiger partial charge in [0.25, 0.3) is 0 Å². The highest BCUT2D eigenvalue weighted by Crippen LogP contribution is 2.15. The molecule has 0 saturated carbocycles. The topological polar surface area (TPSA) is 9.23 Å². The Hall–Kier alpha value is -0.410. The summed E-state index contributed by atoms with van der Waals surface area (Å²) in [6.45, 7) is 5.62. The minimum absolute atomic E-state index is 0.227. The van der Waals surface area contributed by atoms with Gasteiger partial charge >= 0.3 is 0 Å². The maximum Gasteiger partial charge on any atom is 0.124 e. The second kappa shape index (κ2) is 7.02. The molecule has 1 aromatic rings. The summed E-state index contributed by atoms with van der Waals surface area (Å²) in [5, 5.41) is 0. The van der Waals surface area contributed by atoms with Gasteiger partial charge in [0.2, 0.25) is 0 Å². The van der Waals surface area contributed by atoms with Crippen molar-refractivity contribution in [2.75, 3.05) is 6.61 Å². The molecule has 0 unspecified atom stereocenters. The third kappa shape index (κ3) is 5.61. The van der Waals surface area contributed by atoms with Crippen LogP contribution in [0.15, 0.2) is 22.7 Å². The third-order valence-corrected chi connectivity index (χ3v) is 2.72. The average molecular weight is 289 g/mol. The number of halogens is 2. The molecule has 1 rings (SSSR count). The fourth-order valence-corrected chi connectivity index (χ4v) is 1.99. The molecule has 0 saturated heterocycles. The predicted octanol–water partition coefficient (Wildman–Crippen LogP) is 4.54. The van der Waals surface area contributed by atoms with E-state index in [1.165, 1.54) is 18.6 Å². The van der Waals surface area contributed by atoms with Gasteiger partial charge in [-0.15, -0.1) is 0 Å². The van der Waals surface area contributed by atoms with Crippen LogP contribution in [-0.4, -0.2) is 6.61 Å². The molecule has 0 spiro atoms. The van der Waals surface area contributed by atoms with Crippen molar-refractivity contribution in [3.63, 3.8) is 0 Å². The van der Waals surface area contributed by atoms with Gasteiger partial charge in [-0.25, -0.2) is 4.39 Å². The number of hydrogen-bond donors (Lipinski definition) is 0. The second-order valence-electron chi connectivity index (χ2n) is 4.37. The Labute approximate surface area is 105 Å². The quantitative estimate of drug-likeness (QED) is 0.698. The van der Waals surface area contributed by atoms with Crippen LogP contribution in [0.25, 0.3) is 0 Å². The molecule has 0 atom stereocenters. The van der Waals surface area contributed by atoms with Gasteiger partial charge in [-0.3, -0.25) is 0 Å². The second-order valence-corrected chi connectivity index (χ2v) is 5.28. The zero-order valence-corrected chi connectivity index (χ0v) is 11.4. The first-order chi connectivity index (χ1) is 7.58. The molecule has 0 heterocycles. The van der Waals surface area contributed by atoms with Crippen LogP contribution in [0.5, 0.6) is 0 Å². The summed E-state index contributed by atoms with van der Waals surface area (Å²) in [6.07, 6.45) is 2.24. The first-order valence-electron chi connectivity index (χ1n) is 5.60. The SMILES string of the molecule is CC(C)CCCOCc1cc(F)cc(Br)c1. The lowest BCUT2D eigenvalue weighted by Crippen LogP contribution is -1.98. The van der Waals surface area contributed by atoms with E-state index in [2.05, 4.69) is 29.8 Å². The molecular formula is C13H18BrFO. The molecule has 0 aliphatic carbocycles. The fourth-order valence-electron chi connectivity index (χ4n) is 1.48. The molecule has 0 amide bonds. The van der Waals surface area contributed by atoms with Gasteiger partial charge in [0.15, 0.2) is 0 Å². The molecule has 0 N–H and O–H groups in total. The van der Waals surface area contributed by atoms with Crippen molar-refractivity contribution in [2.45, 2.75) is 33.3 Å². The lowest BCUT2D eigenvalue weighted by molar-refractivity contribution is 0.114. The van der Waals surface area contributed by atoms with E-state index in [1.807, 2.05) is 6.07 Å². The summed E-state index contributed by atoms with van der Waals surface area (Å²) in [5.74, 6) is 0.488. The van der Waals surface area contributed by atoms with Crippen molar-refractivity contribution in [3.05, 3.63) is 34.1 Å².